The maximum Gasteiger partial charge on any atom is 0.231 e. The van der Waals surface area contributed by atoms with Crippen molar-refractivity contribution in [1.29, 1.82) is 0 Å². The van der Waals surface area contributed by atoms with E-state index in [2.05, 4.69) is 10.2 Å². The average Bonchev–Trinajstić information content (AvgIpc) is 2.38. The van der Waals surface area contributed by atoms with Crippen molar-refractivity contribution in [2.24, 2.45) is 11.5 Å². The van der Waals surface area contributed by atoms with Crippen molar-refractivity contribution in [2.75, 3.05) is 39.9 Å². The quantitative estimate of drug-likeness (QED) is 0.515. The van der Waals surface area contributed by atoms with Crippen LogP contribution in [0.25, 0.3) is 0 Å². The summed E-state index contributed by atoms with van der Waals surface area (Å²) in [6.07, 6.45) is 4.17. The van der Waals surface area contributed by atoms with Gasteiger partial charge in [0.25, 0.3) is 0 Å². The summed E-state index contributed by atoms with van der Waals surface area (Å²) in [6, 6.07) is 0.878. The number of nitrogens with two attached hydrogens (primary N) is 2. The van der Waals surface area contributed by atoms with Crippen LogP contribution in [0.4, 0.5) is 0 Å². The second kappa shape index (κ2) is 9.25. The van der Waals surface area contributed by atoms with E-state index in [-0.39, 0.29) is 5.91 Å². The number of piperidine rings is 1. The standard InChI is InChI=1S/C13H28N4O2/c1-19-10-12(3-2-6-14)16-11-4-7-17(8-5-11)9-13(15)18/h11-12,16H,2-10,14H2,1H3,(H2,15,18). The van der Waals surface area contributed by atoms with Crippen molar-refractivity contribution >= 4 is 5.91 Å². The van der Waals surface area contributed by atoms with E-state index in [1.807, 2.05) is 0 Å². The molecule has 0 aliphatic carbocycles. The normalized spacial score (nSPS) is 19.5. The lowest BCUT2D eigenvalue weighted by atomic mass is 10.0. The third-order valence-corrected chi connectivity index (χ3v) is 3.56. The number of primary amides is 1. The van der Waals surface area contributed by atoms with Crippen molar-refractivity contribution in [3.8, 4) is 0 Å². The zero-order chi connectivity index (χ0) is 14.1. The molecular formula is C13H28N4O2. The van der Waals surface area contributed by atoms with E-state index < -0.39 is 0 Å². The molecule has 1 aliphatic heterocycles. The van der Waals surface area contributed by atoms with Gasteiger partial charge in [0.05, 0.1) is 13.2 Å². The number of amides is 1. The van der Waals surface area contributed by atoms with E-state index in [1.165, 1.54) is 0 Å². The van der Waals surface area contributed by atoms with Crippen molar-refractivity contribution in [3.63, 3.8) is 0 Å². The molecule has 0 aromatic carbocycles. The average molecular weight is 272 g/mol. The molecule has 112 valence electrons. The molecule has 6 nitrogen and oxygen atoms in total. The first-order chi connectivity index (χ1) is 9.15. The lowest BCUT2D eigenvalue weighted by Crippen LogP contribution is -2.49. The van der Waals surface area contributed by atoms with Gasteiger partial charge in [-0.25, -0.2) is 0 Å². The Morgan fingerprint density at radius 3 is 2.68 bits per heavy atom. The summed E-state index contributed by atoms with van der Waals surface area (Å²) in [4.78, 5) is 13.0. The summed E-state index contributed by atoms with van der Waals surface area (Å²) >= 11 is 0. The second-order valence-corrected chi connectivity index (χ2v) is 5.27. The maximum atomic E-state index is 10.9. The minimum atomic E-state index is -0.244. The van der Waals surface area contributed by atoms with Gasteiger partial charge in [0.2, 0.25) is 5.91 Å². The van der Waals surface area contributed by atoms with E-state index in [0.717, 1.165) is 51.9 Å². The van der Waals surface area contributed by atoms with E-state index in [9.17, 15) is 4.79 Å². The number of ether oxygens (including phenoxy) is 1. The van der Waals surface area contributed by atoms with Crippen LogP contribution in [0, 0.1) is 0 Å². The van der Waals surface area contributed by atoms with Crippen LogP contribution in [-0.2, 0) is 9.53 Å². The number of likely N-dealkylation sites (tertiary alicyclic amines) is 1. The monoisotopic (exact) mass is 272 g/mol. The fourth-order valence-electron chi connectivity index (χ4n) is 2.59. The highest BCUT2D eigenvalue weighted by molar-refractivity contribution is 5.75. The molecule has 1 amide bonds. The van der Waals surface area contributed by atoms with E-state index in [0.29, 0.717) is 18.6 Å². The van der Waals surface area contributed by atoms with Gasteiger partial charge in [-0.3, -0.25) is 9.69 Å². The third kappa shape index (κ3) is 6.87. The van der Waals surface area contributed by atoms with Crippen LogP contribution < -0.4 is 16.8 Å². The Balaban J connectivity index is 2.27. The minimum absolute atomic E-state index is 0.244. The zero-order valence-electron chi connectivity index (χ0n) is 11.9. The second-order valence-electron chi connectivity index (χ2n) is 5.27. The maximum absolute atomic E-state index is 10.9. The predicted molar refractivity (Wildman–Crippen MR) is 75.7 cm³/mol. The molecule has 19 heavy (non-hydrogen) atoms. The van der Waals surface area contributed by atoms with Crippen LogP contribution in [0.3, 0.4) is 0 Å². The van der Waals surface area contributed by atoms with Gasteiger partial charge in [-0.1, -0.05) is 0 Å². The molecule has 1 heterocycles. The number of carbonyl (C=O) groups is 1. The van der Waals surface area contributed by atoms with Crippen LogP contribution >= 0.6 is 0 Å². The largest absolute Gasteiger partial charge is 0.383 e. The molecule has 0 saturated carbocycles. The number of hydrogen-bond acceptors (Lipinski definition) is 5. The molecule has 1 aliphatic rings. The first-order valence-electron chi connectivity index (χ1n) is 7.11. The number of carbonyl (C=O) groups excluding carboxylic acids is 1. The molecule has 0 radical (unpaired) electrons. The molecule has 1 fully saturated rings. The molecule has 0 bridgehead atoms. The lowest BCUT2D eigenvalue weighted by molar-refractivity contribution is -0.119. The van der Waals surface area contributed by atoms with E-state index in [1.54, 1.807) is 7.11 Å². The summed E-state index contributed by atoms with van der Waals surface area (Å²) < 4.78 is 5.24. The summed E-state index contributed by atoms with van der Waals surface area (Å²) in [5.74, 6) is -0.244. The van der Waals surface area contributed by atoms with Crippen molar-refractivity contribution in [1.82, 2.24) is 10.2 Å². The van der Waals surface area contributed by atoms with Crippen LogP contribution in [0.2, 0.25) is 0 Å². The van der Waals surface area contributed by atoms with Crippen LogP contribution in [0.15, 0.2) is 0 Å². The van der Waals surface area contributed by atoms with Crippen LogP contribution in [0.5, 0.6) is 0 Å². The fourth-order valence-corrected chi connectivity index (χ4v) is 2.59. The van der Waals surface area contributed by atoms with Gasteiger partial charge >= 0.3 is 0 Å². The van der Waals surface area contributed by atoms with Crippen molar-refractivity contribution in [2.45, 2.75) is 37.8 Å². The Bertz CT molecular complexity index is 255. The Morgan fingerprint density at radius 2 is 2.16 bits per heavy atom. The number of nitrogens with zero attached hydrogens (tertiary/aromatic N) is 1. The van der Waals surface area contributed by atoms with Gasteiger partial charge in [0.1, 0.15) is 0 Å². The Morgan fingerprint density at radius 1 is 1.47 bits per heavy atom. The summed E-state index contributed by atoms with van der Waals surface area (Å²) in [7, 11) is 1.73. The molecule has 0 spiro atoms. The first-order valence-corrected chi connectivity index (χ1v) is 7.11. The SMILES string of the molecule is COCC(CCCN)NC1CCN(CC(N)=O)CC1. The Hall–Kier alpha value is -0.690. The smallest absolute Gasteiger partial charge is 0.231 e. The Labute approximate surface area is 115 Å². The van der Waals surface area contributed by atoms with Crippen LogP contribution in [-0.4, -0.2) is 62.8 Å². The van der Waals surface area contributed by atoms with Crippen LogP contribution in [0.1, 0.15) is 25.7 Å². The summed E-state index contributed by atoms with van der Waals surface area (Å²) in [5, 5.41) is 3.64. The molecule has 0 aromatic heterocycles. The van der Waals surface area contributed by atoms with Gasteiger partial charge in [0.15, 0.2) is 0 Å². The lowest BCUT2D eigenvalue weighted by Gasteiger charge is -2.34. The number of hydrogen-bond donors (Lipinski definition) is 3. The highest BCUT2D eigenvalue weighted by Gasteiger charge is 2.22. The fraction of sp³-hybridized carbons (Fsp3) is 0.923. The molecule has 1 rings (SSSR count). The highest BCUT2D eigenvalue weighted by atomic mass is 16.5. The van der Waals surface area contributed by atoms with Gasteiger partial charge in [-0.15, -0.1) is 0 Å². The summed E-state index contributed by atoms with van der Waals surface area (Å²) in [5.41, 5.74) is 10.8. The highest BCUT2D eigenvalue weighted by Crippen LogP contribution is 2.11. The van der Waals surface area contributed by atoms with Gasteiger partial charge < -0.3 is 21.5 Å². The summed E-state index contributed by atoms with van der Waals surface area (Å²) in [6.45, 7) is 3.68. The molecule has 1 saturated heterocycles. The topological polar surface area (TPSA) is 93.6 Å². The first kappa shape index (κ1) is 16.4. The van der Waals surface area contributed by atoms with Crippen molar-refractivity contribution in [3.05, 3.63) is 0 Å². The van der Waals surface area contributed by atoms with Gasteiger partial charge in [-0.2, -0.15) is 0 Å². The third-order valence-electron chi connectivity index (χ3n) is 3.56. The van der Waals surface area contributed by atoms with E-state index in [4.69, 9.17) is 16.2 Å². The number of nitrogens with one attached hydrogen (secondary N) is 1. The molecule has 1 atom stereocenters. The predicted octanol–water partition coefficient (Wildman–Crippen LogP) is -0.720. The molecule has 6 heteroatoms. The van der Waals surface area contributed by atoms with Gasteiger partial charge in [-0.05, 0) is 32.2 Å². The number of rotatable bonds is 9. The molecule has 5 N–H and O–H groups in total. The molecule has 0 aromatic rings. The van der Waals surface area contributed by atoms with E-state index >= 15 is 0 Å². The zero-order valence-corrected chi connectivity index (χ0v) is 11.9. The number of methoxy groups -OCH3 is 1. The molecular weight excluding hydrogens is 244 g/mol. The van der Waals surface area contributed by atoms with Crippen molar-refractivity contribution < 1.29 is 9.53 Å². The minimum Gasteiger partial charge on any atom is -0.383 e. The molecule has 1 unspecified atom stereocenters. The van der Waals surface area contributed by atoms with Gasteiger partial charge in [0, 0.05) is 32.3 Å². The Kier molecular flexibility index (Phi) is 7.97.